The van der Waals surface area contributed by atoms with Gasteiger partial charge in [0.1, 0.15) is 6.73 Å². The fraction of sp³-hybridized carbons (Fsp3) is 0.176. The highest BCUT2D eigenvalue weighted by molar-refractivity contribution is 7.98. The largest absolute Gasteiger partial charge is 0.399 e. The summed E-state index contributed by atoms with van der Waals surface area (Å²) >= 11 is 1.71. The number of thioether (sulfide) groups is 1. The molecule has 21 heavy (non-hydrogen) atoms. The molecule has 0 unspecified atom stereocenters. The molecule has 0 radical (unpaired) electrons. The summed E-state index contributed by atoms with van der Waals surface area (Å²) in [4.78, 5) is 1.20. The normalized spacial score (nSPS) is 11.1. The number of nitrogen functional groups attached to an aromatic ring is 1. The Balaban J connectivity index is 1.77. The molecule has 0 aliphatic carbocycles. The molecule has 3 rings (SSSR count). The van der Waals surface area contributed by atoms with Crippen molar-refractivity contribution in [2.24, 2.45) is 0 Å². The lowest BCUT2D eigenvalue weighted by atomic mass is 10.2. The van der Waals surface area contributed by atoms with E-state index in [1.54, 1.807) is 11.8 Å². The van der Waals surface area contributed by atoms with E-state index in [1.807, 2.05) is 30.3 Å². The van der Waals surface area contributed by atoms with Crippen molar-refractivity contribution in [1.82, 2.24) is 4.57 Å². The second-order valence-corrected chi connectivity index (χ2v) is 5.75. The maximum Gasteiger partial charge on any atom is 0.123 e. The monoisotopic (exact) mass is 298 g/mol. The van der Waals surface area contributed by atoms with Gasteiger partial charge in [0.2, 0.25) is 0 Å². The standard InChI is InChI=1S/C17H18N2OS/c1-21-17-10-14(18)9-16-15(17)7-8-19(16)12-20-11-13-5-3-2-4-6-13/h2-10H,11-12,18H2,1H3. The van der Waals surface area contributed by atoms with Crippen molar-refractivity contribution in [1.29, 1.82) is 0 Å². The molecule has 0 bridgehead atoms. The Labute approximate surface area is 128 Å². The first-order valence-corrected chi connectivity index (χ1v) is 8.04. The molecule has 0 aliphatic rings. The van der Waals surface area contributed by atoms with Gasteiger partial charge in [0, 0.05) is 22.2 Å². The van der Waals surface area contributed by atoms with E-state index in [0.29, 0.717) is 13.3 Å². The number of hydrogen-bond donors (Lipinski definition) is 1. The van der Waals surface area contributed by atoms with Crippen LogP contribution >= 0.6 is 11.8 Å². The van der Waals surface area contributed by atoms with Crippen LogP contribution in [0.1, 0.15) is 5.56 Å². The number of nitrogens with two attached hydrogens (primary N) is 1. The van der Waals surface area contributed by atoms with Gasteiger partial charge in [-0.15, -0.1) is 11.8 Å². The zero-order valence-corrected chi connectivity index (χ0v) is 12.8. The van der Waals surface area contributed by atoms with Gasteiger partial charge >= 0.3 is 0 Å². The third-order valence-corrected chi connectivity index (χ3v) is 4.21. The summed E-state index contributed by atoms with van der Waals surface area (Å²) in [6.45, 7) is 1.13. The van der Waals surface area contributed by atoms with Gasteiger partial charge in [-0.2, -0.15) is 0 Å². The third kappa shape index (κ3) is 3.06. The minimum atomic E-state index is 0.523. The van der Waals surface area contributed by atoms with Crippen molar-refractivity contribution in [3.05, 3.63) is 60.3 Å². The summed E-state index contributed by atoms with van der Waals surface area (Å²) in [7, 11) is 0. The van der Waals surface area contributed by atoms with Crippen LogP contribution in [0.15, 0.2) is 59.6 Å². The van der Waals surface area contributed by atoms with Crippen molar-refractivity contribution >= 4 is 28.4 Å². The average Bonchev–Trinajstić information content (AvgIpc) is 2.90. The lowest BCUT2D eigenvalue weighted by Gasteiger charge is -2.09. The van der Waals surface area contributed by atoms with E-state index in [4.69, 9.17) is 10.5 Å². The number of aromatic nitrogens is 1. The topological polar surface area (TPSA) is 40.2 Å². The number of hydrogen-bond acceptors (Lipinski definition) is 3. The molecule has 2 N–H and O–H groups in total. The zero-order valence-electron chi connectivity index (χ0n) is 12.0. The fourth-order valence-corrected chi connectivity index (χ4v) is 3.05. The van der Waals surface area contributed by atoms with E-state index in [9.17, 15) is 0 Å². The van der Waals surface area contributed by atoms with Crippen LogP contribution in [0.5, 0.6) is 0 Å². The molecule has 3 nitrogen and oxygen atoms in total. The second-order valence-electron chi connectivity index (χ2n) is 4.90. The van der Waals surface area contributed by atoms with Crippen molar-refractivity contribution in [3.63, 3.8) is 0 Å². The van der Waals surface area contributed by atoms with Gasteiger partial charge in [-0.25, -0.2) is 0 Å². The highest BCUT2D eigenvalue weighted by atomic mass is 32.2. The summed E-state index contributed by atoms with van der Waals surface area (Å²) in [5.41, 5.74) is 9.06. The summed E-state index contributed by atoms with van der Waals surface area (Å²) in [5.74, 6) is 0. The Morgan fingerprint density at radius 3 is 2.71 bits per heavy atom. The minimum absolute atomic E-state index is 0.523. The lowest BCUT2D eigenvalue weighted by molar-refractivity contribution is 0.0668. The quantitative estimate of drug-likeness (QED) is 0.569. The molecule has 1 heterocycles. The molecular formula is C17H18N2OS. The molecule has 0 atom stereocenters. The summed E-state index contributed by atoms with van der Waals surface area (Å²) in [6, 6.07) is 16.3. The van der Waals surface area contributed by atoms with Crippen LogP contribution < -0.4 is 5.73 Å². The van der Waals surface area contributed by atoms with E-state index < -0.39 is 0 Å². The highest BCUT2D eigenvalue weighted by Crippen LogP contribution is 2.30. The molecular weight excluding hydrogens is 280 g/mol. The number of ether oxygens (including phenoxy) is 1. The molecule has 2 aromatic carbocycles. The Hall–Kier alpha value is -1.91. The summed E-state index contributed by atoms with van der Waals surface area (Å²) in [5, 5.41) is 1.22. The van der Waals surface area contributed by atoms with Crippen LogP contribution in [0, 0.1) is 0 Å². The first-order chi connectivity index (χ1) is 10.3. The van der Waals surface area contributed by atoms with Gasteiger partial charge in [0.25, 0.3) is 0 Å². The molecule has 4 heteroatoms. The number of nitrogens with zero attached hydrogens (tertiary/aromatic N) is 1. The van der Waals surface area contributed by atoms with Crippen molar-refractivity contribution in [2.75, 3.05) is 12.0 Å². The molecule has 3 aromatic rings. The number of anilines is 1. The van der Waals surface area contributed by atoms with E-state index in [0.717, 1.165) is 11.2 Å². The summed E-state index contributed by atoms with van der Waals surface area (Å²) < 4.78 is 7.89. The first kappa shape index (κ1) is 14.0. The molecule has 0 fully saturated rings. The molecule has 0 saturated carbocycles. The minimum Gasteiger partial charge on any atom is -0.399 e. The third-order valence-electron chi connectivity index (χ3n) is 3.43. The van der Waals surface area contributed by atoms with Crippen molar-refractivity contribution in [2.45, 2.75) is 18.2 Å². The first-order valence-electron chi connectivity index (χ1n) is 6.82. The van der Waals surface area contributed by atoms with Crippen LogP contribution in [0.3, 0.4) is 0 Å². The van der Waals surface area contributed by atoms with Gasteiger partial charge in [0.15, 0.2) is 0 Å². The van der Waals surface area contributed by atoms with Crippen LogP contribution in [-0.2, 0) is 18.1 Å². The maximum absolute atomic E-state index is 5.98. The SMILES string of the molecule is CSc1cc(N)cc2c1ccn2COCc1ccccc1. The van der Waals surface area contributed by atoms with Gasteiger partial charge < -0.3 is 15.0 Å². The molecule has 0 spiro atoms. The van der Waals surface area contributed by atoms with Gasteiger partial charge in [0.05, 0.1) is 12.1 Å². The Kier molecular flexibility index (Phi) is 4.18. The van der Waals surface area contributed by atoms with Gasteiger partial charge in [-0.1, -0.05) is 30.3 Å². The Morgan fingerprint density at radius 1 is 1.14 bits per heavy atom. The highest BCUT2D eigenvalue weighted by Gasteiger charge is 2.07. The van der Waals surface area contributed by atoms with E-state index in [2.05, 4.69) is 35.2 Å². The smallest absolute Gasteiger partial charge is 0.123 e. The predicted molar refractivity (Wildman–Crippen MR) is 89.4 cm³/mol. The number of benzene rings is 2. The molecule has 0 saturated heterocycles. The van der Waals surface area contributed by atoms with Crippen LogP contribution in [0.2, 0.25) is 0 Å². The Morgan fingerprint density at radius 2 is 1.95 bits per heavy atom. The Bertz CT molecular complexity index is 737. The summed E-state index contributed by atoms with van der Waals surface area (Å²) in [6.07, 6.45) is 4.12. The average molecular weight is 298 g/mol. The van der Waals surface area contributed by atoms with Crippen LogP contribution in [-0.4, -0.2) is 10.8 Å². The zero-order chi connectivity index (χ0) is 14.7. The van der Waals surface area contributed by atoms with Crippen LogP contribution in [0.4, 0.5) is 5.69 Å². The van der Waals surface area contributed by atoms with E-state index in [-0.39, 0.29) is 0 Å². The maximum atomic E-state index is 5.98. The van der Waals surface area contributed by atoms with Crippen molar-refractivity contribution in [3.8, 4) is 0 Å². The van der Waals surface area contributed by atoms with Crippen molar-refractivity contribution < 1.29 is 4.74 Å². The predicted octanol–water partition coefficient (Wildman–Crippen LogP) is 4.12. The molecule has 108 valence electrons. The number of fused-ring (bicyclic) bond motifs is 1. The molecule has 0 amide bonds. The molecule has 0 aliphatic heterocycles. The molecule has 1 aromatic heterocycles. The van der Waals surface area contributed by atoms with E-state index >= 15 is 0 Å². The number of rotatable bonds is 5. The van der Waals surface area contributed by atoms with Gasteiger partial charge in [-0.05, 0) is 30.0 Å². The fourth-order valence-electron chi connectivity index (χ4n) is 2.40. The van der Waals surface area contributed by atoms with E-state index in [1.165, 1.54) is 15.8 Å². The van der Waals surface area contributed by atoms with Crippen LogP contribution in [0.25, 0.3) is 10.9 Å². The second kappa shape index (κ2) is 6.24. The lowest BCUT2D eigenvalue weighted by Crippen LogP contribution is -2.01. The van der Waals surface area contributed by atoms with Gasteiger partial charge in [-0.3, -0.25) is 0 Å².